The summed E-state index contributed by atoms with van der Waals surface area (Å²) in [4.78, 5) is 7.13. The molecule has 0 amide bonds. The molecule has 1 unspecified atom stereocenters. The minimum atomic E-state index is 0.533. The lowest BCUT2D eigenvalue weighted by molar-refractivity contribution is 0.457. The number of nitrogens with one attached hydrogen (secondary N) is 3. The van der Waals surface area contributed by atoms with E-state index in [4.69, 9.17) is 0 Å². The summed E-state index contributed by atoms with van der Waals surface area (Å²) in [5, 5.41) is 7.83. The van der Waals surface area contributed by atoms with Crippen molar-refractivity contribution in [3.05, 3.63) is 83.6 Å². The van der Waals surface area contributed by atoms with Gasteiger partial charge in [-0.1, -0.05) is 42.5 Å². The van der Waals surface area contributed by atoms with Gasteiger partial charge in [-0.3, -0.25) is 0 Å². The molecule has 0 fully saturated rings. The molecule has 5 aromatic rings. The number of hydrogen-bond acceptors (Lipinski definition) is 1. The van der Waals surface area contributed by atoms with Crippen LogP contribution in [-0.4, -0.2) is 16.0 Å². The highest BCUT2D eigenvalue weighted by Crippen LogP contribution is 2.30. The van der Waals surface area contributed by atoms with Crippen LogP contribution in [0, 0.1) is 0 Å². The smallest absolute Gasteiger partial charge is 0.0465 e. The zero-order chi connectivity index (χ0) is 18.5. The van der Waals surface area contributed by atoms with Crippen molar-refractivity contribution >= 4 is 32.7 Å². The number of fused-ring (bicyclic) bond motifs is 6. The lowest BCUT2D eigenvalue weighted by Crippen LogP contribution is -2.33. The molecular formula is C25H23N3. The Labute approximate surface area is 163 Å². The second-order valence-corrected chi connectivity index (χ2v) is 8.00. The van der Waals surface area contributed by atoms with E-state index in [1.165, 1.54) is 56.0 Å². The summed E-state index contributed by atoms with van der Waals surface area (Å²) in [5.74, 6) is 0. The van der Waals surface area contributed by atoms with Crippen LogP contribution in [0.1, 0.15) is 23.2 Å². The number of para-hydroxylation sites is 2. The van der Waals surface area contributed by atoms with Crippen molar-refractivity contribution in [2.24, 2.45) is 0 Å². The zero-order valence-electron chi connectivity index (χ0n) is 15.8. The highest BCUT2D eigenvalue weighted by molar-refractivity contribution is 6.07. The molecule has 3 aromatic carbocycles. The molecule has 0 spiro atoms. The normalized spacial score (nSPS) is 16.8. The highest BCUT2D eigenvalue weighted by Gasteiger charge is 2.22. The number of benzene rings is 3. The van der Waals surface area contributed by atoms with Crippen LogP contribution >= 0.6 is 0 Å². The van der Waals surface area contributed by atoms with Crippen LogP contribution in [0.2, 0.25) is 0 Å². The average Bonchev–Trinajstić information content (AvgIpc) is 3.30. The van der Waals surface area contributed by atoms with E-state index in [1.54, 1.807) is 0 Å². The second kappa shape index (κ2) is 6.25. The van der Waals surface area contributed by atoms with Crippen LogP contribution in [-0.2, 0) is 19.4 Å². The average molecular weight is 365 g/mol. The van der Waals surface area contributed by atoms with Crippen molar-refractivity contribution in [1.82, 2.24) is 15.3 Å². The number of aromatic amines is 2. The quantitative estimate of drug-likeness (QED) is 0.391. The SMILES string of the molecule is c1ccc2c3c([nH]c2c1)CCC(NCc1ccc2[nH]c4ccccc4c2c1)C3. The second-order valence-electron chi connectivity index (χ2n) is 8.00. The first-order valence-electron chi connectivity index (χ1n) is 10.2. The third-order valence-electron chi connectivity index (χ3n) is 6.26. The lowest BCUT2D eigenvalue weighted by atomic mass is 9.91. The standard InChI is InChI=1S/C25H23N3/c1-3-7-22-18(5-1)20-13-16(9-11-24(20)27-22)15-26-17-10-12-25-21(14-17)19-6-2-4-8-23(19)28-25/h1-9,11,13,17,26-28H,10,12,14-15H2. The molecule has 6 rings (SSSR count). The molecule has 0 radical (unpaired) electrons. The molecule has 3 heteroatoms. The maximum atomic E-state index is 3.81. The Bertz CT molecular complexity index is 1310. The largest absolute Gasteiger partial charge is 0.358 e. The van der Waals surface area contributed by atoms with Gasteiger partial charge in [-0.15, -0.1) is 0 Å². The molecule has 3 nitrogen and oxygen atoms in total. The summed E-state index contributed by atoms with van der Waals surface area (Å²) in [6, 6.07) is 24.6. The number of hydrogen-bond donors (Lipinski definition) is 3. The van der Waals surface area contributed by atoms with Gasteiger partial charge < -0.3 is 15.3 Å². The minimum Gasteiger partial charge on any atom is -0.358 e. The van der Waals surface area contributed by atoms with E-state index in [9.17, 15) is 0 Å². The topological polar surface area (TPSA) is 43.6 Å². The van der Waals surface area contributed by atoms with Gasteiger partial charge in [0.2, 0.25) is 0 Å². The van der Waals surface area contributed by atoms with E-state index < -0.39 is 0 Å². The molecular weight excluding hydrogens is 342 g/mol. The van der Waals surface area contributed by atoms with E-state index >= 15 is 0 Å². The van der Waals surface area contributed by atoms with Gasteiger partial charge in [0.1, 0.15) is 0 Å². The van der Waals surface area contributed by atoms with Crippen molar-refractivity contribution < 1.29 is 0 Å². The van der Waals surface area contributed by atoms with Crippen LogP contribution in [0.3, 0.4) is 0 Å². The molecule has 1 aliphatic carbocycles. The maximum absolute atomic E-state index is 3.81. The molecule has 0 aliphatic heterocycles. The van der Waals surface area contributed by atoms with Gasteiger partial charge in [0.15, 0.2) is 0 Å². The molecule has 0 saturated carbocycles. The van der Waals surface area contributed by atoms with Crippen molar-refractivity contribution in [3.8, 4) is 0 Å². The number of aryl methyl sites for hydroxylation is 1. The summed E-state index contributed by atoms with van der Waals surface area (Å²) in [5.41, 5.74) is 7.98. The Balaban J connectivity index is 1.24. The fraction of sp³-hybridized carbons (Fsp3) is 0.200. The molecule has 3 N–H and O–H groups in total. The third kappa shape index (κ3) is 2.54. The van der Waals surface area contributed by atoms with Gasteiger partial charge in [0, 0.05) is 51.0 Å². The molecule has 2 heterocycles. The predicted molar refractivity (Wildman–Crippen MR) is 117 cm³/mol. The molecule has 0 bridgehead atoms. The Morgan fingerprint density at radius 2 is 1.54 bits per heavy atom. The van der Waals surface area contributed by atoms with Gasteiger partial charge in [-0.2, -0.15) is 0 Å². The summed E-state index contributed by atoms with van der Waals surface area (Å²) in [7, 11) is 0. The van der Waals surface area contributed by atoms with Crippen LogP contribution in [0.15, 0.2) is 66.7 Å². The molecule has 0 saturated heterocycles. The van der Waals surface area contributed by atoms with E-state index in [0.29, 0.717) is 6.04 Å². The zero-order valence-corrected chi connectivity index (χ0v) is 15.8. The van der Waals surface area contributed by atoms with Crippen LogP contribution < -0.4 is 5.32 Å². The van der Waals surface area contributed by atoms with Crippen molar-refractivity contribution in [3.63, 3.8) is 0 Å². The van der Waals surface area contributed by atoms with Crippen LogP contribution in [0.25, 0.3) is 32.7 Å². The van der Waals surface area contributed by atoms with Crippen molar-refractivity contribution in [2.75, 3.05) is 0 Å². The number of H-pyrrole nitrogens is 2. The Kier molecular flexibility index (Phi) is 3.56. The Hall–Kier alpha value is -3.04. The van der Waals surface area contributed by atoms with Gasteiger partial charge in [0.25, 0.3) is 0 Å². The van der Waals surface area contributed by atoms with Gasteiger partial charge in [-0.25, -0.2) is 0 Å². The van der Waals surface area contributed by atoms with E-state index in [-0.39, 0.29) is 0 Å². The van der Waals surface area contributed by atoms with Crippen LogP contribution in [0.5, 0.6) is 0 Å². The fourth-order valence-corrected chi connectivity index (χ4v) is 4.81. The first-order chi connectivity index (χ1) is 13.8. The Morgan fingerprint density at radius 3 is 2.43 bits per heavy atom. The van der Waals surface area contributed by atoms with E-state index in [0.717, 1.165) is 19.4 Å². The third-order valence-corrected chi connectivity index (χ3v) is 6.26. The Morgan fingerprint density at radius 1 is 0.786 bits per heavy atom. The minimum absolute atomic E-state index is 0.533. The highest BCUT2D eigenvalue weighted by atomic mass is 14.9. The molecule has 1 aliphatic rings. The van der Waals surface area contributed by atoms with Crippen molar-refractivity contribution in [1.29, 1.82) is 0 Å². The first-order valence-corrected chi connectivity index (χ1v) is 10.2. The summed E-state index contributed by atoms with van der Waals surface area (Å²) >= 11 is 0. The van der Waals surface area contributed by atoms with Crippen LogP contribution in [0.4, 0.5) is 0 Å². The lowest BCUT2D eigenvalue weighted by Gasteiger charge is -2.24. The fourth-order valence-electron chi connectivity index (χ4n) is 4.81. The van der Waals surface area contributed by atoms with E-state index in [2.05, 4.69) is 82.0 Å². The number of aromatic nitrogens is 2. The molecule has 2 aromatic heterocycles. The molecule has 28 heavy (non-hydrogen) atoms. The summed E-state index contributed by atoms with van der Waals surface area (Å²) < 4.78 is 0. The summed E-state index contributed by atoms with van der Waals surface area (Å²) in [6.45, 7) is 0.914. The molecule has 1 atom stereocenters. The monoisotopic (exact) mass is 365 g/mol. The van der Waals surface area contributed by atoms with Gasteiger partial charge >= 0.3 is 0 Å². The predicted octanol–water partition coefficient (Wildman–Crippen LogP) is 5.45. The van der Waals surface area contributed by atoms with Crippen molar-refractivity contribution in [2.45, 2.75) is 31.8 Å². The molecule has 138 valence electrons. The summed E-state index contributed by atoms with van der Waals surface area (Å²) in [6.07, 6.45) is 3.42. The van der Waals surface area contributed by atoms with Gasteiger partial charge in [0.05, 0.1) is 0 Å². The maximum Gasteiger partial charge on any atom is 0.0465 e. The van der Waals surface area contributed by atoms with Gasteiger partial charge in [-0.05, 0) is 54.7 Å². The van der Waals surface area contributed by atoms with E-state index in [1.807, 2.05) is 0 Å². The first kappa shape index (κ1) is 16.0. The number of rotatable bonds is 3.